The quantitative estimate of drug-likeness (QED) is 0.258. The normalized spacial score (nSPS) is 11.0. The van der Waals surface area contributed by atoms with E-state index < -0.39 is 11.6 Å². The molecule has 0 aliphatic rings. The van der Waals surface area contributed by atoms with Crippen molar-refractivity contribution in [1.29, 1.82) is 0 Å². The second kappa shape index (κ2) is 12.0. The first-order valence-corrected chi connectivity index (χ1v) is 10.7. The van der Waals surface area contributed by atoms with E-state index in [0.29, 0.717) is 23.4 Å². The number of hydrogen-bond acceptors (Lipinski definition) is 5. The Balaban J connectivity index is 1.65. The number of benzene rings is 1. The lowest BCUT2D eigenvalue weighted by Gasteiger charge is -2.09. The van der Waals surface area contributed by atoms with Gasteiger partial charge in [-0.05, 0) is 37.5 Å². The number of nitrogen functional groups attached to an aromatic ring is 1. The van der Waals surface area contributed by atoms with Gasteiger partial charge in [0.25, 0.3) is 0 Å². The van der Waals surface area contributed by atoms with E-state index in [1.807, 2.05) is 6.92 Å². The molecule has 2 aromatic rings. The van der Waals surface area contributed by atoms with E-state index in [4.69, 9.17) is 15.3 Å². The molecule has 0 atom stereocenters. The monoisotopic (exact) mass is 416 g/mol. The van der Waals surface area contributed by atoms with E-state index in [1.165, 1.54) is 0 Å². The van der Waals surface area contributed by atoms with Gasteiger partial charge in [-0.3, -0.25) is 9.59 Å². The second-order valence-corrected chi connectivity index (χ2v) is 7.75. The summed E-state index contributed by atoms with van der Waals surface area (Å²) in [4.78, 5) is 34.9. The fourth-order valence-corrected chi connectivity index (χ4v) is 3.53. The number of nitrogens with one attached hydrogen (secondary N) is 1. The van der Waals surface area contributed by atoms with E-state index in [0.717, 1.165) is 62.3 Å². The lowest BCUT2D eigenvalue weighted by atomic mass is 10.0. The Hall–Kier alpha value is -2.83. The van der Waals surface area contributed by atoms with Crippen molar-refractivity contribution in [1.82, 2.24) is 5.32 Å². The summed E-state index contributed by atoms with van der Waals surface area (Å²) in [6.07, 6.45) is 8.35. The van der Waals surface area contributed by atoms with Crippen LogP contribution in [0.3, 0.4) is 0 Å². The molecule has 7 heteroatoms. The first-order chi connectivity index (χ1) is 14.4. The van der Waals surface area contributed by atoms with Crippen LogP contribution in [0.25, 0.3) is 11.0 Å². The highest BCUT2D eigenvalue weighted by molar-refractivity contribution is 5.86. The summed E-state index contributed by atoms with van der Waals surface area (Å²) in [6, 6.07) is 5.16. The van der Waals surface area contributed by atoms with Crippen LogP contribution in [-0.4, -0.2) is 23.5 Å². The number of hydrogen-bond donors (Lipinski definition) is 3. The van der Waals surface area contributed by atoms with E-state index >= 15 is 0 Å². The molecule has 0 aliphatic heterocycles. The van der Waals surface area contributed by atoms with Gasteiger partial charge >= 0.3 is 11.6 Å². The average molecular weight is 417 g/mol. The third-order valence-corrected chi connectivity index (χ3v) is 5.29. The van der Waals surface area contributed by atoms with Gasteiger partial charge in [-0.25, -0.2) is 4.79 Å². The minimum atomic E-state index is -0.723. The van der Waals surface area contributed by atoms with Crippen molar-refractivity contribution in [2.24, 2.45) is 0 Å². The van der Waals surface area contributed by atoms with Crippen molar-refractivity contribution < 1.29 is 19.1 Å². The number of nitrogens with two attached hydrogens (primary N) is 1. The summed E-state index contributed by atoms with van der Waals surface area (Å²) in [5.41, 5.74) is 7.32. The SMILES string of the molecule is Cc1c(CC(=O)NCCCCCCCCCCC(=O)O)c(=O)oc2cc(N)ccc12. The van der Waals surface area contributed by atoms with Crippen LogP contribution in [-0.2, 0) is 16.0 Å². The molecule has 0 saturated carbocycles. The maximum atomic E-state index is 12.3. The predicted octanol–water partition coefficient (Wildman–Crippen LogP) is 3.94. The summed E-state index contributed by atoms with van der Waals surface area (Å²) in [6.45, 7) is 2.41. The molecule has 1 heterocycles. The molecule has 0 saturated heterocycles. The molecule has 30 heavy (non-hydrogen) atoms. The standard InChI is InChI=1S/C23H32N2O5/c1-16-18-12-11-17(24)14-20(18)30-23(29)19(16)15-21(26)25-13-9-7-5-3-2-4-6-8-10-22(27)28/h11-12,14H,2-10,13,15,24H2,1H3,(H,25,26)(H,27,28). The van der Waals surface area contributed by atoms with Crippen LogP contribution < -0.4 is 16.7 Å². The first-order valence-electron chi connectivity index (χ1n) is 10.7. The molecule has 7 nitrogen and oxygen atoms in total. The Bertz CT molecular complexity index is 920. The molecule has 4 N–H and O–H groups in total. The fourth-order valence-electron chi connectivity index (χ4n) is 3.53. The zero-order valence-corrected chi connectivity index (χ0v) is 17.7. The lowest BCUT2D eigenvalue weighted by Crippen LogP contribution is -2.28. The van der Waals surface area contributed by atoms with Crippen molar-refractivity contribution >= 4 is 28.5 Å². The van der Waals surface area contributed by atoms with Gasteiger partial charge in [0, 0.05) is 30.1 Å². The lowest BCUT2D eigenvalue weighted by molar-refractivity contribution is -0.137. The maximum Gasteiger partial charge on any atom is 0.340 e. The minimum absolute atomic E-state index is 0.00479. The highest BCUT2D eigenvalue weighted by Gasteiger charge is 2.14. The summed E-state index contributed by atoms with van der Waals surface area (Å²) < 4.78 is 5.33. The largest absolute Gasteiger partial charge is 0.481 e. The van der Waals surface area contributed by atoms with Gasteiger partial charge in [0.15, 0.2) is 0 Å². The summed E-state index contributed by atoms with van der Waals surface area (Å²) in [7, 11) is 0. The van der Waals surface area contributed by atoms with Crippen LogP contribution in [0.15, 0.2) is 27.4 Å². The number of anilines is 1. The second-order valence-electron chi connectivity index (χ2n) is 7.75. The smallest absolute Gasteiger partial charge is 0.340 e. The minimum Gasteiger partial charge on any atom is -0.481 e. The summed E-state index contributed by atoms with van der Waals surface area (Å²) in [5, 5.41) is 12.2. The van der Waals surface area contributed by atoms with E-state index in [2.05, 4.69) is 5.32 Å². The van der Waals surface area contributed by atoms with Gasteiger partial charge in [0.05, 0.1) is 12.0 Å². The van der Waals surface area contributed by atoms with Gasteiger partial charge in [0.2, 0.25) is 5.91 Å². The molecular formula is C23H32N2O5. The van der Waals surface area contributed by atoms with Crippen LogP contribution in [0.1, 0.15) is 68.9 Å². The van der Waals surface area contributed by atoms with Crippen molar-refractivity contribution in [3.05, 3.63) is 39.7 Å². The van der Waals surface area contributed by atoms with Crippen LogP contribution in [0, 0.1) is 6.92 Å². The molecule has 0 unspecified atom stereocenters. The molecule has 0 bridgehead atoms. The van der Waals surface area contributed by atoms with Crippen molar-refractivity contribution in [3.8, 4) is 0 Å². The number of amides is 1. The third-order valence-electron chi connectivity index (χ3n) is 5.29. The van der Waals surface area contributed by atoms with Crippen LogP contribution in [0.2, 0.25) is 0 Å². The number of unbranched alkanes of at least 4 members (excludes halogenated alkanes) is 7. The summed E-state index contributed by atoms with van der Waals surface area (Å²) in [5.74, 6) is -0.905. The van der Waals surface area contributed by atoms with Crippen molar-refractivity contribution in [3.63, 3.8) is 0 Å². The van der Waals surface area contributed by atoms with Crippen LogP contribution >= 0.6 is 0 Å². The molecule has 1 aromatic heterocycles. The molecule has 164 valence electrons. The fraction of sp³-hybridized carbons (Fsp3) is 0.522. The Morgan fingerprint density at radius 2 is 1.67 bits per heavy atom. The third kappa shape index (κ3) is 7.54. The zero-order chi connectivity index (χ0) is 21.9. The van der Waals surface area contributed by atoms with Gasteiger partial charge in [0.1, 0.15) is 5.58 Å². The Labute approximate surface area is 176 Å². The number of carboxylic acids is 1. The Morgan fingerprint density at radius 3 is 2.33 bits per heavy atom. The predicted molar refractivity (Wildman–Crippen MR) is 118 cm³/mol. The molecule has 0 fully saturated rings. The molecule has 2 rings (SSSR count). The van der Waals surface area contributed by atoms with E-state index in [-0.39, 0.29) is 18.7 Å². The highest BCUT2D eigenvalue weighted by atomic mass is 16.4. The number of carboxylic acid groups (broad SMARTS) is 1. The number of aliphatic carboxylic acids is 1. The number of carbonyl (C=O) groups is 2. The first kappa shape index (κ1) is 23.4. The Morgan fingerprint density at radius 1 is 1.03 bits per heavy atom. The van der Waals surface area contributed by atoms with E-state index in [1.54, 1.807) is 18.2 Å². The molecule has 1 aromatic carbocycles. The van der Waals surface area contributed by atoms with Gasteiger partial charge in [-0.15, -0.1) is 0 Å². The highest BCUT2D eigenvalue weighted by Crippen LogP contribution is 2.21. The van der Waals surface area contributed by atoms with Gasteiger partial charge in [-0.1, -0.05) is 38.5 Å². The van der Waals surface area contributed by atoms with Crippen molar-refractivity contribution in [2.45, 2.75) is 71.1 Å². The summed E-state index contributed by atoms with van der Waals surface area (Å²) >= 11 is 0. The average Bonchev–Trinajstić information content (AvgIpc) is 2.68. The van der Waals surface area contributed by atoms with Gasteiger partial charge < -0.3 is 20.6 Å². The van der Waals surface area contributed by atoms with E-state index in [9.17, 15) is 14.4 Å². The van der Waals surface area contributed by atoms with Gasteiger partial charge in [-0.2, -0.15) is 0 Å². The molecule has 0 spiro atoms. The topological polar surface area (TPSA) is 123 Å². The van der Waals surface area contributed by atoms with Crippen LogP contribution in [0.5, 0.6) is 0 Å². The molecule has 0 radical (unpaired) electrons. The molecule has 0 aliphatic carbocycles. The number of fused-ring (bicyclic) bond motifs is 1. The number of aryl methyl sites for hydroxylation is 1. The van der Waals surface area contributed by atoms with Crippen LogP contribution in [0.4, 0.5) is 5.69 Å². The maximum absolute atomic E-state index is 12.3. The molecule has 1 amide bonds. The zero-order valence-electron chi connectivity index (χ0n) is 17.7. The molecular weight excluding hydrogens is 384 g/mol. The van der Waals surface area contributed by atoms with Crippen molar-refractivity contribution in [2.75, 3.05) is 12.3 Å². The Kier molecular flexibility index (Phi) is 9.38. The number of carbonyl (C=O) groups excluding carboxylic acids is 1. The number of rotatable bonds is 13.